The fourth-order valence-corrected chi connectivity index (χ4v) is 2.13. The highest BCUT2D eigenvalue weighted by Crippen LogP contribution is 2.10. The summed E-state index contributed by atoms with van der Waals surface area (Å²) < 4.78 is 0. The monoisotopic (exact) mass is 240 g/mol. The molecular formula is C15H32N2. The summed E-state index contributed by atoms with van der Waals surface area (Å²) in [5, 5.41) is 3.50. The second kappa shape index (κ2) is 9.67. The van der Waals surface area contributed by atoms with Crippen LogP contribution in [0.5, 0.6) is 0 Å². The first-order chi connectivity index (χ1) is 7.99. The third-order valence-electron chi connectivity index (χ3n) is 3.10. The third kappa shape index (κ3) is 8.39. The number of hydrogen-bond donors (Lipinski definition) is 1. The van der Waals surface area contributed by atoms with Crippen molar-refractivity contribution >= 4 is 0 Å². The lowest BCUT2D eigenvalue weighted by Gasteiger charge is -2.31. The number of nitrogens with zero attached hydrogens (tertiary/aromatic N) is 1. The summed E-state index contributed by atoms with van der Waals surface area (Å²) in [4.78, 5) is 2.51. The first-order valence-corrected chi connectivity index (χ1v) is 7.06. The molecule has 0 aromatic carbocycles. The molecule has 1 unspecified atom stereocenters. The minimum Gasteiger partial charge on any atom is -0.316 e. The molecule has 0 bridgehead atoms. The van der Waals surface area contributed by atoms with Crippen LogP contribution in [0.2, 0.25) is 0 Å². The molecule has 1 atom stereocenters. The third-order valence-corrected chi connectivity index (χ3v) is 3.10. The summed E-state index contributed by atoms with van der Waals surface area (Å²) in [6, 6.07) is 1.25. The lowest BCUT2D eigenvalue weighted by atomic mass is 10.1. The van der Waals surface area contributed by atoms with Crippen molar-refractivity contribution in [2.75, 3.05) is 19.6 Å². The maximum Gasteiger partial charge on any atom is 0.0166 e. The van der Waals surface area contributed by atoms with E-state index >= 15 is 0 Å². The van der Waals surface area contributed by atoms with Gasteiger partial charge in [-0.15, -0.1) is 6.58 Å². The van der Waals surface area contributed by atoms with Crippen LogP contribution in [0.1, 0.15) is 47.5 Å². The zero-order valence-electron chi connectivity index (χ0n) is 12.5. The minimum absolute atomic E-state index is 0.603. The van der Waals surface area contributed by atoms with E-state index in [9.17, 15) is 0 Å². The second-order valence-corrected chi connectivity index (χ2v) is 5.67. The molecule has 0 aliphatic rings. The summed E-state index contributed by atoms with van der Waals surface area (Å²) in [7, 11) is 0. The van der Waals surface area contributed by atoms with Gasteiger partial charge in [-0.05, 0) is 52.6 Å². The van der Waals surface area contributed by atoms with Gasteiger partial charge in [0.25, 0.3) is 0 Å². The van der Waals surface area contributed by atoms with E-state index in [4.69, 9.17) is 0 Å². The van der Waals surface area contributed by atoms with Crippen LogP contribution < -0.4 is 5.32 Å². The van der Waals surface area contributed by atoms with E-state index in [1.807, 2.05) is 6.08 Å². The van der Waals surface area contributed by atoms with Gasteiger partial charge in [0, 0.05) is 18.6 Å². The predicted octanol–water partition coefficient (Wildman–Crippen LogP) is 3.30. The summed E-state index contributed by atoms with van der Waals surface area (Å²) in [6.45, 7) is 18.5. The predicted molar refractivity (Wildman–Crippen MR) is 78.4 cm³/mol. The Balaban J connectivity index is 3.74. The minimum atomic E-state index is 0.603. The van der Waals surface area contributed by atoms with Crippen molar-refractivity contribution < 1.29 is 0 Å². The van der Waals surface area contributed by atoms with Gasteiger partial charge in [-0.25, -0.2) is 0 Å². The number of nitrogens with one attached hydrogen (secondary N) is 1. The Hall–Kier alpha value is -0.340. The van der Waals surface area contributed by atoms with E-state index in [0.29, 0.717) is 12.1 Å². The molecule has 0 aliphatic heterocycles. The lowest BCUT2D eigenvalue weighted by Crippen LogP contribution is -2.39. The molecule has 0 aliphatic carbocycles. The van der Waals surface area contributed by atoms with Crippen molar-refractivity contribution in [2.24, 2.45) is 5.92 Å². The van der Waals surface area contributed by atoms with Gasteiger partial charge in [0.15, 0.2) is 0 Å². The standard InChI is InChI=1S/C15H32N2/c1-7-11-17(14(4)5)15(6)9-8-10-16-12-13(2)3/h7,13-16H,1,8-12H2,2-6H3. The van der Waals surface area contributed by atoms with E-state index in [0.717, 1.165) is 25.6 Å². The summed E-state index contributed by atoms with van der Waals surface area (Å²) in [5.41, 5.74) is 0. The summed E-state index contributed by atoms with van der Waals surface area (Å²) >= 11 is 0. The van der Waals surface area contributed by atoms with Gasteiger partial charge in [-0.3, -0.25) is 4.90 Å². The molecule has 2 nitrogen and oxygen atoms in total. The van der Waals surface area contributed by atoms with E-state index in [-0.39, 0.29) is 0 Å². The molecule has 0 amide bonds. The van der Waals surface area contributed by atoms with Crippen molar-refractivity contribution in [2.45, 2.75) is 59.5 Å². The summed E-state index contributed by atoms with van der Waals surface area (Å²) in [5.74, 6) is 0.750. The average molecular weight is 240 g/mol. The maximum atomic E-state index is 3.84. The quantitative estimate of drug-likeness (QED) is 0.465. The molecule has 1 N–H and O–H groups in total. The fraction of sp³-hybridized carbons (Fsp3) is 0.867. The van der Waals surface area contributed by atoms with Crippen molar-refractivity contribution in [3.05, 3.63) is 12.7 Å². The van der Waals surface area contributed by atoms with Crippen molar-refractivity contribution in [3.8, 4) is 0 Å². The van der Waals surface area contributed by atoms with Crippen molar-refractivity contribution in [3.63, 3.8) is 0 Å². The number of rotatable bonds is 10. The van der Waals surface area contributed by atoms with E-state index in [2.05, 4.69) is 51.4 Å². The fourth-order valence-electron chi connectivity index (χ4n) is 2.13. The smallest absolute Gasteiger partial charge is 0.0166 e. The molecule has 17 heavy (non-hydrogen) atoms. The van der Waals surface area contributed by atoms with E-state index in [1.54, 1.807) is 0 Å². The molecule has 0 spiro atoms. The zero-order chi connectivity index (χ0) is 13.3. The molecule has 0 aromatic heterocycles. The van der Waals surface area contributed by atoms with Crippen LogP contribution in [-0.2, 0) is 0 Å². The van der Waals surface area contributed by atoms with Crippen LogP contribution in [0.3, 0.4) is 0 Å². The van der Waals surface area contributed by atoms with Gasteiger partial charge in [0.2, 0.25) is 0 Å². The highest BCUT2D eigenvalue weighted by molar-refractivity contribution is 4.79. The van der Waals surface area contributed by atoms with Crippen LogP contribution in [-0.4, -0.2) is 36.6 Å². The Morgan fingerprint density at radius 3 is 2.29 bits per heavy atom. The molecule has 0 aromatic rings. The van der Waals surface area contributed by atoms with E-state index < -0.39 is 0 Å². The Bertz CT molecular complexity index is 187. The lowest BCUT2D eigenvalue weighted by molar-refractivity contribution is 0.173. The summed E-state index contributed by atoms with van der Waals surface area (Å²) in [6.07, 6.45) is 4.53. The van der Waals surface area contributed by atoms with Crippen molar-refractivity contribution in [1.29, 1.82) is 0 Å². The highest BCUT2D eigenvalue weighted by atomic mass is 15.2. The van der Waals surface area contributed by atoms with Crippen LogP contribution in [0, 0.1) is 5.92 Å². The molecule has 0 rings (SSSR count). The Labute approximate surface area is 108 Å². The van der Waals surface area contributed by atoms with Gasteiger partial charge in [0.1, 0.15) is 0 Å². The molecule has 0 heterocycles. The normalized spacial score (nSPS) is 13.6. The molecule has 0 radical (unpaired) electrons. The Morgan fingerprint density at radius 2 is 1.82 bits per heavy atom. The Morgan fingerprint density at radius 1 is 1.18 bits per heavy atom. The largest absolute Gasteiger partial charge is 0.316 e. The molecule has 0 fully saturated rings. The van der Waals surface area contributed by atoms with Gasteiger partial charge >= 0.3 is 0 Å². The van der Waals surface area contributed by atoms with Gasteiger partial charge in [0.05, 0.1) is 0 Å². The van der Waals surface area contributed by atoms with Gasteiger partial charge in [-0.1, -0.05) is 19.9 Å². The van der Waals surface area contributed by atoms with Gasteiger partial charge in [-0.2, -0.15) is 0 Å². The maximum absolute atomic E-state index is 3.84. The molecule has 2 heteroatoms. The average Bonchev–Trinajstić information content (AvgIpc) is 2.24. The first kappa shape index (κ1) is 16.7. The zero-order valence-corrected chi connectivity index (χ0v) is 12.5. The Kier molecular flexibility index (Phi) is 9.47. The number of hydrogen-bond acceptors (Lipinski definition) is 2. The van der Waals surface area contributed by atoms with E-state index in [1.165, 1.54) is 12.8 Å². The molecule has 0 saturated carbocycles. The molecular weight excluding hydrogens is 208 g/mol. The topological polar surface area (TPSA) is 15.3 Å². The van der Waals surface area contributed by atoms with Crippen LogP contribution in [0.15, 0.2) is 12.7 Å². The van der Waals surface area contributed by atoms with Crippen LogP contribution in [0.4, 0.5) is 0 Å². The van der Waals surface area contributed by atoms with Crippen molar-refractivity contribution in [1.82, 2.24) is 10.2 Å². The first-order valence-electron chi connectivity index (χ1n) is 7.06. The van der Waals surface area contributed by atoms with Crippen LogP contribution in [0.25, 0.3) is 0 Å². The molecule has 0 saturated heterocycles. The second-order valence-electron chi connectivity index (χ2n) is 5.67. The SMILES string of the molecule is C=CCN(C(C)C)C(C)CCCNCC(C)C. The molecule has 102 valence electrons. The van der Waals surface area contributed by atoms with Crippen LogP contribution >= 0.6 is 0 Å². The highest BCUT2D eigenvalue weighted by Gasteiger charge is 2.14. The van der Waals surface area contributed by atoms with Gasteiger partial charge < -0.3 is 5.32 Å².